The van der Waals surface area contributed by atoms with Crippen LogP contribution >= 0.6 is 0 Å². The average Bonchev–Trinajstić information content (AvgIpc) is 3.18. The van der Waals surface area contributed by atoms with Crippen LogP contribution in [0.1, 0.15) is 18.4 Å². The molecule has 0 spiro atoms. The molecule has 1 fully saturated rings. The highest BCUT2D eigenvalue weighted by molar-refractivity contribution is 5.80. The Morgan fingerprint density at radius 1 is 1.23 bits per heavy atom. The number of nitrogens with zero attached hydrogens (tertiary/aromatic N) is 4. The number of alkyl halides is 3. The van der Waals surface area contributed by atoms with Crippen molar-refractivity contribution >= 4 is 11.5 Å². The van der Waals surface area contributed by atoms with Crippen molar-refractivity contribution in [3.63, 3.8) is 0 Å². The van der Waals surface area contributed by atoms with Crippen LogP contribution in [0.2, 0.25) is 0 Å². The smallest absolute Gasteiger partial charge is 0.393 e. The number of hydrogen-bond acceptors (Lipinski definition) is 5. The van der Waals surface area contributed by atoms with E-state index in [1.807, 2.05) is 22.7 Å². The lowest BCUT2D eigenvalue weighted by Crippen LogP contribution is -2.40. The van der Waals surface area contributed by atoms with Crippen LogP contribution in [0.5, 0.6) is 5.75 Å². The van der Waals surface area contributed by atoms with E-state index < -0.39 is 12.6 Å². The van der Waals surface area contributed by atoms with Gasteiger partial charge >= 0.3 is 6.18 Å². The maximum atomic E-state index is 13.2. The molecule has 9 heteroatoms. The molecule has 1 aliphatic heterocycles. The summed E-state index contributed by atoms with van der Waals surface area (Å²) in [4.78, 5) is 2.26. The molecule has 1 N–H and O–H groups in total. The Morgan fingerprint density at radius 3 is 2.80 bits per heavy atom. The quantitative estimate of drug-likeness (QED) is 0.677. The molecule has 0 aliphatic carbocycles. The summed E-state index contributed by atoms with van der Waals surface area (Å²) in [6.07, 6.45) is -1.44. The van der Waals surface area contributed by atoms with E-state index in [0.29, 0.717) is 28.5 Å². The number of fused-ring (bicyclic) bond motifs is 1. The number of rotatable bonds is 5. The molecule has 1 saturated heterocycles. The lowest BCUT2D eigenvalue weighted by molar-refractivity contribution is -0.127. The largest absolute Gasteiger partial charge is 0.497 e. The van der Waals surface area contributed by atoms with Gasteiger partial charge in [-0.05, 0) is 62.3 Å². The standard InChI is InChI=1S/C21H24F3N5O/c1-28-9-3-5-15(13-28)25-20-27-26-19(18-6-4-10-29(18)20)17-8-7-16(30-2)11-14(17)12-21(22,23)24/h4,6-8,10-11,15H,3,5,9,12-13H2,1-2H3,(H,25,27)/t15-/m1/s1. The van der Waals surface area contributed by atoms with Crippen molar-refractivity contribution in [1.82, 2.24) is 19.5 Å². The van der Waals surface area contributed by atoms with E-state index in [1.165, 1.54) is 13.2 Å². The number of aromatic nitrogens is 3. The highest BCUT2D eigenvalue weighted by Gasteiger charge is 2.30. The zero-order chi connectivity index (χ0) is 21.3. The number of hydrogen-bond donors (Lipinski definition) is 1. The third-order valence-corrected chi connectivity index (χ3v) is 5.38. The number of ether oxygens (including phenoxy) is 1. The van der Waals surface area contributed by atoms with E-state index in [4.69, 9.17) is 4.74 Å². The summed E-state index contributed by atoms with van der Waals surface area (Å²) in [5.41, 5.74) is 1.61. The third kappa shape index (κ3) is 4.35. The van der Waals surface area contributed by atoms with Gasteiger partial charge in [0.05, 0.1) is 19.0 Å². The zero-order valence-electron chi connectivity index (χ0n) is 16.9. The Bertz CT molecular complexity index is 1030. The number of piperidine rings is 1. The summed E-state index contributed by atoms with van der Waals surface area (Å²) >= 11 is 0. The minimum Gasteiger partial charge on any atom is -0.497 e. The Labute approximate surface area is 172 Å². The van der Waals surface area contributed by atoms with E-state index in [-0.39, 0.29) is 11.6 Å². The summed E-state index contributed by atoms with van der Waals surface area (Å²) in [6, 6.07) is 8.59. The first-order valence-electron chi connectivity index (χ1n) is 9.87. The molecule has 0 amide bonds. The van der Waals surface area contributed by atoms with Gasteiger partial charge < -0.3 is 15.0 Å². The molecule has 30 heavy (non-hydrogen) atoms. The van der Waals surface area contributed by atoms with Crippen molar-refractivity contribution in [3.05, 3.63) is 42.1 Å². The van der Waals surface area contributed by atoms with E-state index in [9.17, 15) is 13.2 Å². The van der Waals surface area contributed by atoms with Crippen LogP contribution < -0.4 is 10.1 Å². The molecule has 0 saturated carbocycles. The predicted molar refractivity (Wildman–Crippen MR) is 109 cm³/mol. The normalized spacial score (nSPS) is 18.0. The molecule has 0 bridgehead atoms. The van der Waals surface area contributed by atoms with E-state index in [1.54, 1.807) is 12.1 Å². The number of likely N-dealkylation sites (tertiary alicyclic amines) is 1. The van der Waals surface area contributed by atoms with Gasteiger partial charge in [0.1, 0.15) is 11.4 Å². The van der Waals surface area contributed by atoms with Crippen LogP contribution in [0.4, 0.5) is 19.1 Å². The minimum atomic E-state index is -4.35. The minimum absolute atomic E-state index is 0.105. The van der Waals surface area contributed by atoms with E-state index in [0.717, 1.165) is 25.9 Å². The van der Waals surface area contributed by atoms with Crippen molar-refractivity contribution in [3.8, 4) is 17.0 Å². The van der Waals surface area contributed by atoms with E-state index >= 15 is 0 Å². The Balaban J connectivity index is 1.73. The molecular weight excluding hydrogens is 395 g/mol. The summed E-state index contributed by atoms with van der Waals surface area (Å²) in [5, 5.41) is 12.1. The van der Waals surface area contributed by atoms with Crippen molar-refractivity contribution in [1.29, 1.82) is 0 Å². The van der Waals surface area contributed by atoms with Crippen LogP contribution in [-0.2, 0) is 6.42 Å². The second kappa shape index (κ2) is 8.14. The molecule has 0 unspecified atom stereocenters. The first-order valence-corrected chi connectivity index (χ1v) is 9.87. The highest BCUT2D eigenvalue weighted by Crippen LogP contribution is 2.34. The number of halogens is 3. The monoisotopic (exact) mass is 419 g/mol. The molecular formula is C21H24F3N5O. The summed E-state index contributed by atoms with van der Waals surface area (Å²) in [5.74, 6) is 0.960. The van der Waals surface area contributed by atoms with Crippen LogP contribution in [0.3, 0.4) is 0 Å². The molecule has 1 aromatic carbocycles. The Hall–Kier alpha value is -2.81. The topological polar surface area (TPSA) is 54.7 Å². The lowest BCUT2D eigenvalue weighted by atomic mass is 10.0. The SMILES string of the molecule is COc1ccc(-c2nnc(N[C@@H]3CCCN(C)C3)n3cccc23)c(CC(F)(F)F)c1. The first-order chi connectivity index (χ1) is 14.3. The molecule has 1 atom stereocenters. The summed E-state index contributed by atoms with van der Waals surface area (Å²) in [6.45, 7) is 1.97. The Kier molecular flexibility index (Phi) is 5.55. The van der Waals surface area contributed by atoms with Crippen molar-refractivity contribution in [2.24, 2.45) is 0 Å². The van der Waals surface area contributed by atoms with Crippen molar-refractivity contribution in [2.45, 2.75) is 31.5 Å². The van der Waals surface area contributed by atoms with Gasteiger partial charge in [-0.3, -0.25) is 4.40 Å². The molecule has 1 aliphatic rings. The van der Waals surface area contributed by atoms with Crippen molar-refractivity contribution in [2.75, 3.05) is 32.6 Å². The van der Waals surface area contributed by atoms with Gasteiger partial charge in [-0.2, -0.15) is 13.2 Å². The van der Waals surface area contributed by atoms with Gasteiger partial charge in [0.25, 0.3) is 0 Å². The number of methoxy groups -OCH3 is 1. The highest BCUT2D eigenvalue weighted by atomic mass is 19.4. The zero-order valence-corrected chi connectivity index (χ0v) is 16.9. The maximum absolute atomic E-state index is 13.2. The van der Waals surface area contributed by atoms with Gasteiger partial charge in [-0.25, -0.2) is 0 Å². The van der Waals surface area contributed by atoms with Crippen molar-refractivity contribution < 1.29 is 17.9 Å². The van der Waals surface area contributed by atoms with Gasteiger partial charge in [0, 0.05) is 24.3 Å². The number of nitrogens with one attached hydrogen (secondary N) is 1. The second-order valence-electron chi connectivity index (χ2n) is 7.70. The first kappa shape index (κ1) is 20.5. The summed E-state index contributed by atoms with van der Waals surface area (Å²) < 4.78 is 46.5. The number of anilines is 1. The van der Waals surface area contributed by atoms with Gasteiger partial charge in [-0.15, -0.1) is 10.2 Å². The van der Waals surface area contributed by atoms with Crippen LogP contribution in [-0.4, -0.2) is 59.0 Å². The predicted octanol–water partition coefficient (Wildman–Crippen LogP) is 4.02. The fraction of sp³-hybridized carbons (Fsp3) is 0.429. The fourth-order valence-corrected chi connectivity index (χ4v) is 4.00. The van der Waals surface area contributed by atoms with Gasteiger partial charge in [-0.1, -0.05) is 0 Å². The van der Waals surface area contributed by atoms with E-state index in [2.05, 4.69) is 27.5 Å². The molecule has 3 aromatic rings. The average molecular weight is 419 g/mol. The molecule has 4 rings (SSSR count). The van der Waals surface area contributed by atoms with Crippen LogP contribution in [0.25, 0.3) is 16.8 Å². The summed E-state index contributed by atoms with van der Waals surface area (Å²) in [7, 11) is 3.51. The lowest BCUT2D eigenvalue weighted by Gasteiger charge is -2.30. The Morgan fingerprint density at radius 2 is 2.07 bits per heavy atom. The number of benzene rings is 1. The van der Waals surface area contributed by atoms with Gasteiger partial charge in [0.2, 0.25) is 5.95 Å². The molecule has 3 heterocycles. The third-order valence-electron chi connectivity index (χ3n) is 5.38. The number of likely N-dealkylation sites (N-methyl/N-ethyl adjacent to an activating group) is 1. The van der Waals surface area contributed by atoms with Crippen LogP contribution in [0, 0.1) is 0 Å². The maximum Gasteiger partial charge on any atom is 0.393 e. The van der Waals surface area contributed by atoms with Gasteiger partial charge in [0.15, 0.2) is 0 Å². The molecule has 6 nitrogen and oxygen atoms in total. The molecule has 0 radical (unpaired) electrons. The molecule has 160 valence electrons. The fourth-order valence-electron chi connectivity index (χ4n) is 4.00. The molecule has 2 aromatic heterocycles. The second-order valence-corrected chi connectivity index (χ2v) is 7.70. The van der Waals surface area contributed by atoms with Crippen LogP contribution in [0.15, 0.2) is 36.5 Å².